The van der Waals surface area contributed by atoms with Crippen LogP contribution in [0.4, 0.5) is 0 Å². The third-order valence-corrected chi connectivity index (χ3v) is 3.66. The van der Waals surface area contributed by atoms with E-state index in [-0.39, 0.29) is 12.0 Å². The van der Waals surface area contributed by atoms with Crippen LogP contribution >= 0.6 is 0 Å². The van der Waals surface area contributed by atoms with Gasteiger partial charge < -0.3 is 10.1 Å². The Morgan fingerprint density at radius 3 is 2.50 bits per heavy atom. The largest absolute Gasteiger partial charge is 0.378 e. The average molecular weight is 225 g/mol. The molecular formula is C13H23NO2. The lowest BCUT2D eigenvalue weighted by atomic mass is 9.95. The van der Waals surface area contributed by atoms with Crippen molar-refractivity contribution in [3.05, 3.63) is 0 Å². The van der Waals surface area contributed by atoms with Gasteiger partial charge in [0.2, 0.25) is 5.91 Å². The van der Waals surface area contributed by atoms with Crippen LogP contribution < -0.4 is 5.32 Å². The molecule has 2 aliphatic rings. The molecule has 1 N–H and O–H groups in total. The smallest absolute Gasteiger partial charge is 0.222 e. The third kappa shape index (κ3) is 3.78. The Morgan fingerprint density at radius 1 is 1.06 bits per heavy atom. The Bertz CT molecular complexity index is 196. The van der Waals surface area contributed by atoms with Crippen LogP contribution in [0.5, 0.6) is 0 Å². The summed E-state index contributed by atoms with van der Waals surface area (Å²) in [4.78, 5) is 11.8. The lowest BCUT2D eigenvalue weighted by Crippen LogP contribution is -2.38. The Kier molecular flexibility index (Phi) is 4.64. The minimum Gasteiger partial charge on any atom is -0.378 e. The highest BCUT2D eigenvalue weighted by atomic mass is 16.5. The van der Waals surface area contributed by atoms with Gasteiger partial charge in [-0.05, 0) is 32.1 Å². The fraction of sp³-hybridized carbons (Fsp3) is 0.923. The standard InChI is InChI=1S/C13H23NO2/c15-13(10-12-8-4-5-9-16-12)14-11-6-2-1-3-7-11/h11-12H,1-10H2,(H,14,15)/t12-/m0/s1. The minimum atomic E-state index is 0.178. The second-order valence-electron chi connectivity index (χ2n) is 5.10. The highest BCUT2D eigenvalue weighted by molar-refractivity contribution is 5.76. The van der Waals surface area contributed by atoms with E-state index in [9.17, 15) is 4.79 Å². The van der Waals surface area contributed by atoms with E-state index in [2.05, 4.69) is 5.32 Å². The first-order valence-corrected chi connectivity index (χ1v) is 6.75. The summed E-state index contributed by atoms with van der Waals surface area (Å²) in [5.41, 5.74) is 0. The molecule has 0 unspecified atom stereocenters. The van der Waals surface area contributed by atoms with Gasteiger partial charge in [-0.2, -0.15) is 0 Å². The van der Waals surface area contributed by atoms with Crippen LogP contribution in [0, 0.1) is 0 Å². The quantitative estimate of drug-likeness (QED) is 0.801. The van der Waals surface area contributed by atoms with Crippen molar-refractivity contribution in [2.24, 2.45) is 0 Å². The molecule has 1 saturated heterocycles. The zero-order valence-corrected chi connectivity index (χ0v) is 10.0. The monoisotopic (exact) mass is 225 g/mol. The second kappa shape index (κ2) is 6.24. The highest BCUT2D eigenvalue weighted by Crippen LogP contribution is 2.19. The number of hydrogen-bond acceptors (Lipinski definition) is 2. The molecule has 2 rings (SSSR count). The van der Waals surface area contributed by atoms with Gasteiger partial charge in [0.1, 0.15) is 0 Å². The van der Waals surface area contributed by atoms with Crippen LogP contribution in [0.25, 0.3) is 0 Å². The van der Waals surface area contributed by atoms with Crippen LogP contribution in [-0.4, -0.2) is 24.7 Å². The molecule has 0 aromatic carbocycles. The summed E-state index contributed by atoms with van der Waals surface area (Å²) in [5, 5.41) is 3.15. The summed E-state index contributed by atoms with van der Waals surface area (Å²) in [7, 11) is 0. The van der Waals surface area contributed by atoms with E-state index in [1.807, 2.05) is 0 Å². The van der Waals surface area contributed by atoms with E-state index in [0.29, 0.717) is 12.5 Å². The number of ether oxygens (including phenoxy) is 1. The predicted octanol–water partition coefficient (Wildman–Crippen LogP) is 2.39. The fourth-order valence-electron chi connectivity index (χ4n) is 2.71. The van der Waals surface area contributed by atoms with E-state index >= 15 is 0 Å². The van der Waals surface area contributed by atoms with Gasteiger partial charge in [-0.1, -0.05) is 19.3 Å². The van der Waals surface area contributed by atoms with Crippen LogP contribution in [0.15, 0.2) is 0 Å². The number of hydrogen-bond donors (Lipinski definition) is 1. The van der Waals surface area contributed by atoms with Crippen molar-refractivity contribution in [2.75, 3.05) is 6.61 Å². The number of carbonyl (C=O) groups excluding carboxylic acids is 1. The van der Waals surface area contributed by atoms with Gasteiger partial charge in [0, 0.05) is 12.6 Å². The lowest BCUT2D eigenvalue weighted by molar-refractivity contribution is -0.125. The topological polar surface area (TPSA) is 38.3 Å². The van der Waals surface area contributed by atoms with E-state index in [1.54, 1.807) is 0 Å². The van der Waals surface area contributed by atoms with Crippen LogP contribution in [0.3, 0.4) is 0 Å². The molecule has 1 heterocycles. The van der Waals surface area contributed by atoms with Gasteiger partial charge in [-0.25, -0.2) is 0 Å². The molecule has 92 valence electrons. The highest BCUT2D eigenvalue weighted by Gasteiger charge is 2.20. The SMILES string of the molecule is O=C(C[C@@H]1CCCCO1)NC1CCCCC1. The molecule has 0 radical (unpaired) electrons. The Balaban J connectivity index is 1.66. The second-order valence-corrected chi connectivity index (χ2v) is 5.10. The van der Waals surface area contributed by atoms with Crippen molar-refractivity contribution in [2.45, 2.75) is 69.9 Å². The van der Waals surface area contributed by atoms with E-state index < -0.39 is 0 Å². The summed E-state index contributed by atoms with van der Waals surface area (Å²) in [5.74, 6) is 0.193. The Morgan fingerprint density at radius 2 is 1.81 bits per heavy atom. The van der Waals surface area contributed by atoms with Gasteiger partial charge in [-0.3, -0.25) is 4.79 Å². The molecule has 1 aliphatic heterocycles. The molecule has 1 amide bonds. The van der Waals surface area contributed by atoms with Crippen LogP contribution in [0.1, 0.15) is 57.8 Å². The summed E-state index contributed by atoms with van der Waals surface area (Å²) < 4.78 is 5.58. The number of amides is 1. The molecule has 0 bridgehead atoms. The molecular weight excluding hydrogens is 202 g/mol. The first-order valence-electron chi connectivity index (χ1n) is 6.75. The zero-order valence-electron chi connectivity index (χ0n) is 10.0. The summed E-state index contributed by atoms with van der Waals surface area (Å²) >= 11 is 0. The number of nitrogens with one attached hydrogen (secondary N) is 1. The van der Waals surface area contributed by atoms with Gasteiger partial charge in [0.15, 0.2) is 0 Å². The molecule has 0 aromatic rings. The molecule has 1 saturated carbocycles. The average Bonchev–Trinajstić information content (AvgIpc) is 2.31. The van der Waals surface area contributed by atoms with Crippen LogP contribution in [-0.2, 0) is 9.53 Å². The van der Waals surface area contributed by atoms with Crippen molar-refractivity contribution in [1.82, 2.24) is 5.32 Å². The van der Waals surface area contributed by atoms with E-state index in [4.69, 9.17) is 4.74 Å². The molecule has 0 spiro atoms. The maximum atomic E-state index is 11.8. The molecule has 3 heteroatoms. The Labute approximate surface area is 97.9 Å². The van der Waals surface area contributed by atoms with Crippen molar-refractivity contribution in [1.29, 1.82) is 0 Å². The minimum absolute atomic E-state index is 0.178. The van der Waals surface area contributed by atoms with E-state index in [1.165, 1.54) is 25.7 Å². The molecule has 1 aliphatic carbocycles. The Hall–Kier alpha value is -0.570. The molecule has 1 atom stereocenters. The maximum absolute atomic E-state index is 11.8. The van der Waals surface area contributed by atoms with Crippen molar-refractivity contribution in [3.63, 3.8) is 0 Å². The normalized spacial score (nSPS) is 27.6. The first-order chi connectivity index (χ1) is 7.84. The van der Waals surface area contributed by atoms with Gasteiger partial charge in [0.05, 0.1) is 12.5 Å². The van der Waals surface area contributed by atoms with Crippen molar-refractivity contribution < 1.29 is 9.53 Å². The molecule has 2 fully saturated rings. The summed E-state index contributed by atoms with van der Waals surface area (Å²) in [6.45, 7) is 0.835. The number of carbonyl (C=O) groups is 1. The lowest BCUT2D eigenvalue weighted by Gasteiger charge is -2.25. The summed E-state index contributed by atoms with van der Waals surface area (Å²) in [6, 6.07) is 0.435. The predicted molar refractivity (Wildman–Crippen MR) is 63.2 cm³/mol. The zero-order chi connectivity index (χ0) is 11.2. The van der Waals surface area contributed by atoms with Crippen molar-refractivity contribution >= 4 is 5.91 Å². The fourth-order valence-corrected chi connectivity index (χ4v) is 2.71. The molecule has 3 nitrogen and oxygen atoms in total. The van der Waals surface area contributed by atoms with Gasteiger partial charge >= 0.3 is 0 Å². The molecule has 0 aromatic heterocycles. The third-order valence-electron chi connectivity index (χ3n) is 3.66. The molecule has 16 heavy (non-hydrogen) atoms. The van der Waals surface area contributed by atoms with Crippen LogP contribution in [0.2, 0.25) is 0 Å². The maximum Gasteiger partial charge on any atom is 0.222 e. The van der Waals surface area contributed by atoms with Gasteiger partial charge in [0.25, 0.3) is 0 Å². The first kappa shape index (κ1) is 11.9. The number of rotatable bonds is 3. The van der Waals surface area contributed by atoms with Gasteiger partial charge in [-0.15, -0.1) is 0 Å². The van der Waals surface area contributed by atoms with E-state index in [0.717, 1.165) is 32.3 Å². The van der Waals surface area contributed by atoms with Crippen molar-refractivity contribution in [3.8, 4) is 0 Å². The summed E-state index contributed by atoms with van der Waals surface area (Å²) in [6.07, 6.45) is 10.4.